The van der Waals surface area contributed by atoms with Crippen LogP contribution in [-0.2, 0) is 0 Å². The molecule has 0 amide bonds. The van der Waals surface area contributed by atoms with Crippen LogP contribution in [0, 0.1) is 0 Å². The van der Waals surface area contributed by atoms with E-state index >= 15 is 0 Å². The zero-order valence-corrected chi connectivity index (χ0v) is 8.56. The van der Waals surface area contributed by atoms with E-state index in [1.54, 1.807) is 12.3 Å². The Morgan fingerprint density at radius 2 is 2.31 bits per heavy atom. The lowest BCUT2D eigenvalue weighted by Gasteiger charge is -1.97. The molecule has 0 unspecified atom stereocenters. The largest absolute Gasteiger partial charge is 0.348 e. The van der Waals surface area contributed by atoms with Gasteiger partial charge in [-0.15, -0.1) is 0 Å². The fourth-order valence-electron chi connectivity index (χ4n) is 0.968. The van der Waals surface area contributed by atoms with Gasteiger partial charge in [0.15, 0.2) is 5.65 Å². The third-order valence-electron chi connectivity index (χ3n) is 1.49. The van der Waals surface area contributed by atoms with E-state index in [1.807, 2.05) is 0 Å². The molecular formula is C7H3BrClN3O. The molecule has 0 aromatic carbocycles. The average Bonchev–Trinajstić information content (AvgIpc) is 2.06. The van der Waals surface area contributed by atoms with Crippen molar-refractivity contribution in [2.45, 2.75) is 0 Å². The molecule has 0 atom stereocenters. The molecule has 0 saturated heterocycles. The maximum Gasteiger partial charge on any atom is 0.348 e. The first kappa shape index (κ1) is 8.65. The molecule has 0 aliphatic rings. The number of rotatable bonds is 0. The Morgan fingerprint density at radius 3 is 3.08 bits per heavy atom. The first-order valence-electron chi connectivity index (χ1n) is 3.38. The van der Waals surface area contributed by atoms with Crippen molar-refractivity contribution < 1.29 is 0 Å². The number of pyridine rings is 1. The summed E-state index contributed by atoms with van der Waals surface area (Å²) < 4.78 is 0.788. The van der Waals surface area contributed by atoms with Crippen LogP contribution in [0.15, 0.2) is 21.5 Å². The van der Waals surface area contributed by atoms with Gasteiger partial charge < -0.3 is 0 Å². The molecule has 4 nitrogen and oxygen atoms in total. The van der Waals surface area contributed by atoms with Gasteiger partial charge in [0.25, 0.3) is 0 Å². The van der Waals surface area contributed by atoms with Crippen molar-refractivity contribution >= 4 is 38.6 Å². The molecule has 2 aromatic rings. The van der Waals surface area contributed by atoms with Crippen LogP contribution in [0.1, 0.15) is 0 Å². The summed E-state index contributed by atoms with van der Waals surface area (Å²) in [5, 5.41) is 0.874. The van der Waals surface area contributed by atoms with E-state index < -0.39 is 5.69 Å². The van der Waals surface area contributed by atoms with E-state index in [-0.39, 0.29) is 5.15 Å². The summed E-state index contributed by atoms with van der Waals surface area (Å²) in [4.78, 5) is 20.9. The Hall–Kier alpha value is -0.940. The predicted octanol–water partition coefficient (Wildman–Crippen LogP) is 1.73. The Morgan fingerprint density at radius 1 is 1.54 bits per heavy atom. The molecule has 2 aromatic heterocycles. The summed E-state index contributed by atoms with van der Waals surface area (Å²) in [6.07, 6.45) is 1.56. The van der Waals surface area contributed by atoms with Crippen molar-refractivity contribution in [3.63, 3.8) is 0 Å². The second-order valence-corrected chi connectivity index (χ2v) is 3.67. The van der Waals surface area contributed by atoms with Crippen LogP contribution >= 0.6 is 27.5 Å². The Kier molecular flexibility index (Phi) is 2.05. The summed E-state index contributed by atoms with van der Waals surface area (Å²) in [6.45, 7) is 0. The van der Waals surface area contributed by atoms with Crippen molar-refractivity contribution in [2.75, 3.05) is 0 Å². The number of aromatic amines is 1. The SMILES string of the molecule is O=c1nc2ncc(Br)cc2c(Cl)[nH]1. The first-order chi connectivity index (χ1) is 6.16. The quantitative estimate of drug-likeness (QED) is 0.734. The van der Waals surface area contributed by atoms with Crippen LogP contribution in [0.5, 0.6) is 0 Å². The topological polar surface area (TPSA) is 58.6 Å². The molecule has 0 aliphatic heterocycles. The van der Waals surface area contributed by atoms with Crippen LogP contribution in [0.3, 0.4) is 0 Å². The normalized spacial score (nSPS) is 10.6. The zero-order valence-electron chi connectivity index (χ0n) is 6.21. The standard InChI is InChI=1S/C7H3BrClN3O/c8-3-1-4-5(9)11-7(13)12-6(4)10-2-3/h1-2H,(H,10,11,12,13). The highest BCUT2D eigenvalue weighted by atomic mass is 79.9. The molecular weight excluding hydrogens is 257 g/mol. The van der Waals surface area contributed by atoms with Gasteiger partial charge in [0, 0.05) is 10.7 Å². The highest BCUT2D eigenvalue weighted by Crippen LogP contribution is 2.19. The number of nitrogens with one attached hydrogen (secondary N) is 1. The number of fused-ring (bicyclic) bond motifs is 1. The minimum Gasteiger partial charge on any atom is -0.296 e. The monoisotopic (exact) mass is 259 g/mol. The number of aromatic nitrogens is 3. The lowest BCUT2D eigenvalue weighted by Crippen LogP contribution is -2.10. The highest BCUT2D eigenvalue weighted by Gasteiger charge is 2.03. The van der Waals surface area contributed by atoms with Crippen LogP contribution in [0.2, 0.25) is 5.15 Å². The Labute approximate surface area is 86.1 Å². The molecule has 0 bridgehead atoms. The molecule has 0 aliphatic carbocycles. The summed E-state index contributed by atoms with van der Waals surface area (Å²) in [7, 11) is 0. The molecule has 0 spiro atoms. The fraction of sp³-hybridized carbons (Fsp3) is 0. The summed E-state index contributed by atoms with van der Waals surface area (Å²) in [6, 6.07) is 1.74. The average molecular weight is 260 g/mol. The Balaban J connectivity index is 2.95. The van der Waals surface area contributed by atoms with Gasteiger partial charge in [-0.3, -0.25) is 4.98 Å². The lowest BCUT2D eigenvalue weighted by atomic mass is 10.3. The molecule has 66 valence electrons. The highest BCUT2D eigenvalue weighted by molar-refractivity contribution is 9.10. The molecule has 0 saturated carbocycles. The van der Waals surface area contributed by atoms with Crippen LogP contribution in [0.25, 0.3) is 11.0 Å². The fourth-order valence-corrected chi connectivity index (χ4v) is 1.52. The van der Waals surface area contributed by atoms with Crippen LogP contribution in [-0.4, -0.2) is 15.0 Å². The zero-order chi connectivity index (χ0) is 9.42. The van der Waals surface area contributed by atoms with E-state index in [4.69, 9.17) is 11.6 Å². The third-order valence-corrected chi connectivity index (χ3v) is 2.23. The molecule has 0 fully saturated rings. The smallest absolute Gasteiger partial charge is 0.296 e. The first-order valence-corrected chi connectivity index (χ1v) is 4.55. The van der Waals surface area contributed by atoms with Gasteiger partial charge in [-0.05, 0) is 22.0 Å². The molecule has 1 N–H and O–H groups in total. The molecule has 13 heavy (non-hydrogen) atoms. The number of hydrogen-bond acceptors (Lipinski definition) is 3. The van der Waals surface area contributed by atoms with Crippen molar-refractivity contribution in [1.29, 1.82) is 0 Å². The van der Waals surface area contributed by atoms with Gasteiger partial charge >= 0.3 is 5.69 Å². The number of H-pyrrole nitrogens is 1. The Bertz CT molecular complexity index is 525. The maximum absolute atomic E-state index is 10.9. The van der Waals surface area contributed by atoms with E-state index in [1.165, 1.54) is 0 Å². The summed E-state index contributed by atoms with van der Waals surface area (Å²) in [5.74, 6) is 0. The second kappa shape index (κ2) is 3.08. The number of nitrogens with zero attached hydrogens (tertiary/aromatic N) is 2. The van der Waals surface area contributed by atoms with Crippen molar-refractivity contribution in [3.8, 4) is 0 Å². The van der Waals surface area contributed by atoms with Crippen LogP contribution < -0.4 is 5.69 Å². The van der Waals surface area contributed by atoms with Gasteiger partial charge in [-0.25, -0.2) is 9.78 Å². The number of halogens is 2. The third kappa shape index (κ3) is 1.57. The van der Waals surface area contributed by atoms with Gasteiger partial charge in [0.05, 0.1) is 5.39 Å². The minimum absolute atomic E-state index is 0.254. The summed E-state index contributed by atoms with van der Waals surface area (Å²) >= 11 is 9.02. The van der Waals surface area contributed by atoms with E-state index in [0.717, 1.165) is 4.47 Å². The molecule has 0 radical (unpaired) electrons. The number of hydrogen-bond donors (Lipinski definition) is 1. The molecule has 2 heterocycles. The lowest BCUT2D eigenvalue weighted by molar-refractivity contribution is 1.09. The van der Waals surface area contributed by atoms with E-state index in [0.29, 0.717) is 11.0 Å². The van der Waals surface area contributed by atoms with Crippen molar-refractivity contribution in [3.05, 3.63) is 32.4 Å². The van der Waals surface area contributed by atoms with E-state index in [9.17, 15) is 4.79 Å². The van der Waals surface area contributed by atoms with Crippen LogP contribution in [0.4, 0.5) is 0 Å². The van der Waals surface area contributed by atoms with Gasteiger partial charge in [0.1, 0.15) is 5.15 Å². The van der Waals surface area contributed by atoms with Crippen molar-refractivity contribution in [1.82, 2.24) is 15.0 Å². The van der Waals surface area contributed by atoms with Gasteiger partial charge in [0.2, 0.25) is 0 Å². The van der Waals surface area contributed by atoms with E-state index in [2.05, 4.69) is 30.9 Å². The van der Waals surface area contributed by atoms with Gasteiger partial charge in [-0.2, -0.15) is 4.98 Å². The summed E-state index contributed by atoms with van der Waals surface area (Å²) in [5.41, 5.74) is -0.149. The minimum atomic E-state index is -0.493. The molecule has 6 heteroatoms. The maximum atomic E-state index is 10.9. The van der Waals surface area contributed by atoms with Crippen molar-refractivity contribution in [2.24, 2.45) is 0 Å². The molecule has 2 rings (SSSR count). The second-order valence-electron chi connectivity index (χ2n) is 2.38. The van der Waals surface area contributed by atoms with Gasteiger partial charge in [-0.1, -0.05) is 11.6 Å². The predicted molar refractivity (Wildman–Crippen MR) is 52.9 cm³/mol.